The van der Waals surface area contributed by atoms with E-state index in [9.17, 15) is 4.39 Å². The number of hydrogen-bond donors (Lipinski definition) is 1. The minimum atomic E-state index is -0.293. The summed E-state index contributed by atoms with van der Waals surface area (Å²) >= 11 is 0. The third-order valence-corrected chi connectivity index (χ3v) is 2.86. The number of aromatic amines is 1. The van der Waals surface area contributed by atoms with Crippen LogP contribution in [0, 0.1) is 12.7 Å². The normalized spacial score (nSPS) is 10.9. The highest BCUT2D eigenvalue weighted by Gasteiger charge is 2.09. The van der Waals surface area contributed by atoms with Crippen LogP contribution in [0.2, 0.25) is 0 Å². The van der Waals surface area contributed by atoms with Crippen molar-refractivity contribution in [3.63, 3.8) is 0 Å². The Hall–Kier alpha value is -2.16. The van der Waals surface area contributed by atoms with E-state index in [0.29, 0.717) is 11.3 Å². The van der Waals surface area contributed by atoms with Gasteiger partial charge in [-0.2, -0.15) is 0 Å². The van der Waals surface area contributed by atoms with Gasteiger partial charge in [-0.15, -0.1) is 0 Å². The molecule has 1 aromatic heterocycles. The molecule has 0 bridgehead atoms. The lowest BCUT2D eigenvalue weighted by Crippen LogP contribution is -1.84. The van der Waals surface area contributed by atoms with Crippen molar-refractivity contribution in [3.8, 4) is 11.4 Å². The third-order valence-electron chi connectivity index (χ3n) is 2.86. The topological polar surface area (TPSA) is 28.7 Å². The summed E-state index contributed by atoms with van der Waals surface area (Å²) in [5.74, 6) is 0.418. The first-order valence-electron chi connectivity index (χ1n) is 5.46. The van der Waals surface area contributed by atoms with Crippen LogP contribution in [-0.2, 0) is 0 Å². The van der Waals surface area contributed by atoms with Gasteiger partial charge in [0.25, 0.3) is 0 Å². The number of aryl methyl sites for hydroxylation is 1. The summed E-state index contributed by atoms with van der Waals surface area (Å²) in [6.45, 7) is 2.01. The van der Waals surface area contributed by atoms with Crippen LogP contribution in [0.1, 0.15) is 5.56 Å². The molecule has 0 saturated carbocycles. The van der Waals surface area contributed by atoms with Gasteiger partial charge < -0.3 is 4.98 Å². The Morgan fingerprint density at radius 2 is 1.88 bits per heavy atom. The molecule has 84 valence electrons. The molecule has 3 aromatic rings. The molecule has 0 aliphatic heterocycles. The molecular formula is C14H11FN2. The lowest BCUT2D eigenvalue weighted by Gasteiger charge is -2.00. The molecule has 3 rings (SSSR count). The quantitative estimate of drug-likeness (QED) is 0.673. The molecule has 0 unspecified atom stereocenters. The van der Waals surface area contributed by atoms with Crippen molar-refractivity contribution in [2.24, 2.45) is 0 Å². The van der Waals surface area contributed by atoms with Crippen molar-refractivity contribution < 1.29 is 4.39 Å². The zero-order valence-corrected chi connectivity index (χ0v) is 9.37. The lowest BCUT2D eigenvalue weighted by atomic mass is 10.1. The zero-order valence-electron chi connectivity index (χ0n) is 9.37. The predicted molar refractivity (Wildman–Crippen MR) is 66.2 cm³/mol. The third kappa shape index (κ3) is 1.60. The zero-order chi connectivity index (χ0) is 11.8. The van der Waals surface area contributed by atoms with Gasteiger partial charge in [-0.05, 0) is 24.6 Å². The number of rotatable bonds is 1. The van der Waals surface area contributed by atoms with Gasteiger partial charge in [0.2, 0.25) is 0 Å². The molecule has 1 N–H and O–H groups in total. The fourth-order valence-corrected chi connectivity index (χ4v) is 1.96. The number of aromatic nitrogens is 2. The van der Waals surface area contributed by atoms with Gasteiger partial charge in [-0.3, -0.25) is 0 Å². The molecule has 0 aliphatic rings. The van der Waals surface area contributed by atoms with Crippen molar-refractivity contribution in [3.05, 3.63) is 53.8 Å². The van der Waals surface area contributed by atoms with Crippen LogP contribution in [0.25, 0.3) is 22.4 Å². The molecule has 0 saturated heterocycles. The van der Waals surface area contributed by atoms with E-state index < -0.39 is 0 Å². The molecule has 0 spiro atoms. The number of nitrogens with zero attached hydrogens (tertiary/aromatic N) is 1. The van der Waals surface area contributed by atoms with Gasteiger partial charge in [-0.25, -0.2) is 9.37 Å². The van der Waals surface area contributed by atoms with Crippen molar-refractivity contribution >= 4 is 11.0 Å². The van der Waals surface area contributed by atoms with Gasteiger partial charge in [0.05, 0.1) is 5.52 Å². The fraction of sp³-hybridized carbons (Fsp3) is 0.0714. The second kappa shape index (κ2) is 3.70. The summed E-state index contributed by atoms with van der Waals surface area (Å²) < 4.78 is 13.5. The molecule has 0 atom stereocenters. The SMILES string of the molecule is Cc1ccccc1-c1nc2c(F)cccc2[nH]1. The van der Waals surface area contributed by atoms with Crippen LogP contribution >= 0.6 is 0 Å². The Morgan fingerprint density at radius 1 is 1.06 bits per heavy atom. The second-order valence-electron chi connectivity index (χ2n) is 4.04. The number of imidazole rings is 1. The maximum atomic E-state index is 13.5. The van der Waals surface area contributed by atoms with Gasteiger partial charge >= 0.3 is 0 Å². The van der Waals surface area contributed by atoms with Crippen molar-refractivity contribution in [1.82, 2.24) is 9.97 Å². The maximum Gasteiger partial charge on any atom is 0.151 e. The number of para-hydroxylation sites is 1. The molecule has 2 aromatic carbocycles. The number of H-pyrrole nitrogens is 1. The Labute approximate surface area is 98.1 Å². The Morgan fingerprint density at radius 3 is 2.65 bits per heavy atom. The first-order chi connectivity index (χ1) is 8.25. The van der Waals surface area contributed by atoms with Crippen molar-refractivity contribution in [2.75, 3.05) is 0 Å². The van der Waals surface area contributed by atoms with Crippen molar-refractivity contribution in [2.45, 2.75) is 6.92 Å². The van der Waals surface area contributed by atoms with Crippen LogP contribution in [0.3, 0.4) is 0 Å². The number of fused-ring (bicyclic) bond motifs is 1. The average Bonchev–Trinajstić information content (AvgIpc) is 2.75. The minimum Gasteiger partial charge on any atom is -0.338 e. The van der Waals surface area contributed by atoms with E-state index in [4.69, 9.17) is 0 Å². The van der Waals surface area contributed by atoms with E-state index in [1.165, 1.54) is 6.07 Å². The second-order valence-corrected chi connectivity index (χ2v) is 4.04. The Kier molecular flexibility index (Phi) is 2.18. The molecule has 0 amide bonds. The highest BCUT2D eigenvalue weighted by Crippen LogP contribution is 2.24. The van der Waals surface area contributed by atoms with E-state index in [1.54, 1.807) is 6.07 Å². The van der Waals surface area contributed by atoms with E-state index >= 15 is 0 Å². The molecule has 0 aliphatic carbocycles. The van der Waals surface area contributed by atoms with Crippen LogP contribution in [-0.4, -0.2) is 9.97 Å². The van der Waals surface area contributed by atoms with Crippen LogP contribution < -0.4 is 0 Å². The predicted octanol–water partition coefficient (Wildman–Crippen LogP) is 3.68. The summed E-state index contributed by atoms with van der Waals surface area (Å²) in [7, 11) is 0. The van der Waals surface area contributed by atoms with E-state index in [0.717, 1.165) is 16.6 Å². The molecule has 2 nitrogen and oxygen atoms in total. The molecular weight excluding hydrogens is 215 g/mol. The summed E-state index contributed by atoms with van der Waals surface area (Å²) in [6.07, 6.45) is 0. The van der Waals surface area contributed by atoms with Crippen molar-refractivity contribution in [1.29, 1.82) is 0 Å². The number of benzene rings is 2. The van der Waals surface area contributed by atoms with E-state index in [-0.39, 0.29) is 5.82 Å². The molecule has 0 radical (unpaired) electrons. The van der Waals surface area contributed by atoms with Crippen LogP contribution in [0.5, 0.6) is 0 Å². The molecule has 17 heavy (non-hydrogen) atoms. The van der Waals surface area contributed by atoms with Crippen LogP contribution in [0.15, 0.2) is 42.5 Å². The van der Waals surface area contributed by atoms with Crippen LogP contribution in [0.4, 0.5) is 4.39 Å². The Balaban J connectivity index is 2.26. The summed E-state index contributed by atoms with van der Waals surface area (Å²) in [5.41, 5.74) is 3.24. The largest absolute Gasteiger partial charge is 0.338 e. The van der Waals surface area contributed by atoms with Gasteiger partial charge in [0, 0.05) is 5.56 Å². The van der Waals surface area contributed by atoms with Gasteiger partial charge in [0.15, 0.2) is 5.82 Å². The summed E-state index contributed by atoms with van der Waals surface area (Å²) in [6, 6.07) is 12.8. The Bertz CT molecular complexity index is 686. The minimum absolute atomic E-state index is 0.293. The first-order valence-corrected chi connectivity index (χ1v) is 5.46. The smallest absolute Gasteiger partial charge is 0.151 e. The van der Waals surface area contributed by atoms with E-state index in [1.807, 2.05) is 37.3 Å². The van der Waals surface area contributed by atoms with E-state index in [2.05, 4.69) is 9.97 Å². The maximum absolute atomic E-state index is 13.5. The first kappa shape index (κ1) is 10.0. The average molecular weight is 226 g/mol. The van der Waals surface area contributed by atoms with Gasteiger partial charge in [0.1, 0.15) is 11.3 Å². The summed E-state index contributed by atoms with van der Waals surface area (Å²) in [5, 5.41) is 0. The monoisotopic (exact) mass is 226 g/mol. The molecule has 3 heteroatoms. The lowest BCUT2D eigenvalue weighted by molar-refractivity contribution is 0.637. The summed E-state index contributed by atoms with van der Waals surface area (Å²) in [4.78, 5) is 7.46. The standard InChI is InChI=1S/C14H11FN2/c1-9-5-2-3-6-10(9)14-16-12-8-4-7-11(15)13(12)17-14/h2-8H,1H3,(H,16,17). The van der Waals surface area contributed by atoms with Gasteiger partial charge in [-0.1, -0.05) is 30.3 Å². The molecule has 0 fully saturated rings. The molecule has 1 heterocycles. The highest BCUT2D eigenvalue weighted by atomic mass is 19.1. The number of nitrogens with one attached hydrogen (secondary N) is 1. The highest BCUT2D eigenvalue weighted by molar-refractivity contribution is 5.80. The number of hydrogen-bond acceptors (Lipinski definition) is 1. The number of halogens is 1. The fourth-order valence-electron chi connectivity index (χ4n) is 1.96.